The van der Waals surface area contributed by atoms with Crippen molar-refractivity contribution in [1.82, 2.24) is 0 Å². The van der Waals surface area contributed by atoms with Gasteiger partial charge in [-0.2, -0.15) is 0 Å². The van der Waals surface area contributed by atoms with Gasteiger partial charge in [-0.15, -0.1) is 0 Å². The minimum Gasteiger partial charge on any atom is -0.489 e. The second-order valence-electron chi connectivity index (χ2n) is 7.89. The summed E-state index contributed by atoms with van der Waals surface area (Å²) in [5, 5.41) is 2.76. The van der Waals surface area contributed by atoms with Crippen molar-refractivity contribution < 1.29 is 33.4 Å². The van der Waals surface area contributed by atoms with E-state index in [9.17, 15) is 19.2 Å². The van der Waals surface area contributed by atoms with Crippen LogP contribution < -0.4 is 14.8 Å². The number of rotatable bonds is 4. The van der Waals surface area contributed by atoms with E-state index in [0.717, 1.165) is 0 Å². The highest BCUT2D eigenvalue weighted by atomic mass is 35.5. The number of amides is 1. The lowest BCUT2D eigenvalue weighted by Crippen LogP contribution is -2.26. The summed E-state index contributed by atoms with van der Waals surface area (Å²) in [6.45, 7) is 0.240. The molecule has 0 spiro atoms. The zero-order chi connectivity index (χ0) is 24.5. The van der Waals surface area contributed by atoms with Crippen LogP contribution in [-0.2, 0) is 9.53 Å². The number of ketones is 2. The van der Waals surface area contributed by atoms with E-state index in [0.29, 0.717) is 36.7 Å². The maximum absolute atomic E-state index is 13.1. The van der Waals surface area contributed by atoms with Crippen LogP contribution >= 0.6 is 11.6 Å². The Balaban J connectivity index is 1.30. The zero-order valence-corrected chi connectivity index (χ0v) is 19.0. The number of hydrogen-bond donors (Lipinski definition) is 1. The molecule has 3 aromatic rings. The molecule has 9 heteroatoms. The predicted molar refractivity (Wildman–Crippen MR) is 126 cm³/mol. The van der Waals surface area contributed by atoms with Crippen molar-refractivity contribution in [2.75, 3.05) is 25.1 Å². The Labute approximate surface area is 204 Å². The van der Waals surface area contributed by atoms with Gasteiger partial charge in [0.15, 0.2) is 29.7 Å². The van der Waals surface area contributed by atoms with Crippen LogP contribution in [0.1, 0.15) is 48.6 Å². The molecule has 1 aliphatic carbocycles. The molecule has 3 aromatic carbocycles. The van der Waals surface area contributed by atoms with Gasteiger partial charge in [0.25, 0.3) is 5.91 Å². The molecule has 8 nitrogen and oxygen atoms in total. The van der Waals surface area contributed by atoms with Crippen molar-refractivity contribution in [1.29, 1.82) is 0 Å². The van der Waals surface area contributed by atoms with Crippen LogP contribution in [0, 0.1) is 0 Å². The summed E-state index contributed by atoms with van der Waals surface area (Å²) in [5.41, 5.74) is 1.15. The standard InChI is InChI=1S/C26H18ClNO7/c27-18-11-14(12-20-25(18)34-10-4-9-33-20)26(32)35-13-21(29)28-19-8-3-7-17-22(19)24(31)16-6-2-1-5-15(16)23(17)30/h1-3,5-8,11-12H,4,9-10,13H2,(H,28,29). The van der Waals surface area contributed by atoms with Gasteiger partial charge in [-0.05, 0) is 18.2 Å². The van der Waals surface area contributed by atoms with Crippen molar-refractivity contribution in [2.45, 2.75) is 6.42 Å². The Kier molecular flexibility index (Phi) is 5.96. The molecule has 176 valence electrons. The average molecular weight is 492 g/mol. The number of fused-ring (bicyclic) bond motifs is 3. The molecule has 5 rings (SSSR count). The van der Waals surface area contributed by atoms with Crippen LogP contribution in [0.3, 0.4) is 0 Å². The minimum absolute atomic E-state index is 0.0986. The van der Waals surface area contributed by atoms with Crippen molar-refractivity contribution in [3.8, 4) is 11.5 Å². The first-order chi connectivity index (χ1) is 16.9. The second-order valence-corrected chi connectivity index (χ2v) is 8.30. The largest absolute Gasteiger partial charge is 0.489 e. The highest BCUT2D eigenvalue weighted by molar-refractivity contribution is 6.32. The summed E-state index contributed by atoms with van der Waals surface area (Å²) in [5.74, 6) is -1.45. The van der Waals surface area contributed by atoms with Crippen LogP contribution in [0.15, 0.2) is 54.6 Å². The molecule has 2 aliphatic rings. The Morgan fingerprint density at radius 1 is 0.914 bits per heavy atom. The maximum atomic E-state index is 13.1. The molecule has 0 saturated carbocycles. The van der Waals surface area contributed by atoms with E-state index in [1.165, 1.54) is 24.3 Å². The van der Waals surface area contributed by atoms with Crippen LogP contribution in [0.2, 0.25) is 5.02 Å². The Bertz CT molecular complexity index is 1400. The quantitative estimate of drug-likeness (QED) is 0.429. The van der Waals surface area contributed by atoms with Gasteiger partial charge >= 0.3 is 5.97 Å². The number of ether oxygens (including phenoxy) is 3. The molecule has 0 saturated heterocycles. The summed E-state index contributed by atoms with van der Waals surface area (Å²) >= 11 is 6.21. The zero-order valence-electron chi connectivity index (χ0n) is 18.3. The third kappa shape index (κ3) is 4.24. The second kappa shape index (κ2) is 9.23. The Morgan fingerprint density at radius 2 is 1.63 bits per heavy atom. The summed E-state index contributed by atoms with van der Waals surface area (Å²) in [4.78, 5) is 51.0. The van der Waals surface area contributed by atoms with E-state index in [4.69, 9.17) is 25.8 Å². The highest BCUT2D eigenvalue weighted by Crippen LogP contribution is 2.38. The van der Waals surface area contributed by atoms with Crippen molar-refractivity contribution >= 4 is 40.7 Å². The Morgan fingerprint density at radius 3 is 2.43 bits per heavy atom. The van der Waals surface area contributed by atoms with E-state index < -0.39 is 18.5 Å². The number of anilines is 1. The number of halogens is 1. The summed E-state index contributed by atoms with van der Waals surface area (Å²) in [6, 6.07) is 14.0. The number of benzene rings is 3. The number of esters is 1. The monoisotopic (exact) mass is 491 g/mol. The molecule has 35 heavy (non-hydrogen) atoms. The molecule has 0 atom stereocenters. The normalized spacial score (nSPS) is 13.9. The van der Waals surface area contributed by atoms with Gasteiger partial charge in [0.2, 0.25) is 0 Å². The van der Waals surface area contributed by atoms with Gasteiger partial charge in [0.1, 0.15) is 0 Å². The molecule has 1 amide bonds. The van der Waals surface area contributed by atoms with Gasteiger partial charge in [-0.1, -0.05) is 48.0 Å². The lowest BCUT2D eigenvalue weighted by molar-refractivity contribution is -0.119. The topological polar surface area (TPSA) is 108 Å². The lowest BCUT2D eigenvalue weighted by atomic mass is 9.83. The minimum atomic E-state index is -0.784. The highest BCUT2D eigenvalue weighted by Gasteiger charge is 2.31. The summed E-state index contributed by atoms with van der Waals surface area (Å²) < 4.78 is 16.2. The van der Waals surface area contributed by atoms with Gasteiger partial charge < -0.3 is 19.5 Å². The van der Waals surface area contributed by atoms with Crippen LogP contribution in [0.4, 0.5) is 5.69 Å². The fourth-order valence-electron chi connectivity index (χ4n) is 4.00. The van der Waals surface area contributed by atoms with Crippen LogP contribution in [0.25, 0.3) is 0 Å². The molecule has 0 fully saturated rings. The van der Waals surface area contributed by atoms with E-state index >= 15 is 0 Å². The average Bonchev–Trinajstić information content (AvgIpc) is 3.12. The summed E-state index contributed by atoms with van der Waals surface area (Å²) in [7, 11) is 0. The SMILES string of the molecule is O=C(COC(=O)c1cc(Cl)c2c(c1)OCCCO2)Nc1cccc2c1C(=O)c1ccccc1C2=O. The van der Waals surface area contributed by atoms with Crippen molar-refractivity contribution in [3.05, 3.63) is 87.4 Å². The van der Waals surface area contributed by atoms with Crippen molar-refractivity contribution in [3.63, 3.8) is 0 Å². The fourth-order valence-corrected chi connectivity index (χ4v) is 4.26. The number of carbonyl (C=O) groups excluding carboxylic acids is 4. The molecule has 0 bridgehead atoms. The molecule has 1 N–H and O–H groups in total. The van der Waals surface area contributed by atoms with Gasteiger partial charge in [-0.3, -0.25) is 14.4 Å². The predicted octanol–water partition coefficient (Wildman–Crippen LogP) is 4.07. The van der Waals surface area contributed by atoms with E-state index in [1.807, 2.05) is 0 Å². The van der Waals surface area contributed by atoms with Crippen molar-refractivity contribution in [2.24, 2.45) is 0 Å². The summed E-state index contributed by atoms with van der Waals surface area (Å²) in [6.07, 6.45) is 0.674. The van der Waals surface area contributed by atoms with E-state index in [-0.39, 0.29) is 44.5 Å². The third-order valence-corrected chi connectivity index (χ3v) is 5.88. The molecule has 1 heterocycles. The van der Waals surface area contributed by atoms with Gasteiger partial charge in [0.05, 0.1) is 35.1 Å². The molecule has 0 radical (unpaired) electrons. The molecular weight excluding hydrogens is 474 g/mol. The van der Waals surface area contributed by atoms with E-state index in [1.54, 1.807) is 30.3 Å². The molecule has 0 aromatic heterocycles. The van der Waals surface area contributed by atoms with Gasteiger partial charge in [0, 0.05) is 23.1 Å². The fraction of sp³-hybridized carbons (Fsp3) is 0.154. The maximum Gasteiger partial charge on any atom is 0.338 e. The van der Waals surface area contributed by atoms with Gasteiger partial charge in [-0.25, -0.2) is 4.79 Å². The number of hydrogen-bond acceptors (Lipinski definition) is 7. The van der Waals surface area contributed by atoms with Crippen LogP contribution in [0.5, 0.6) is 11.5 Å². The van der Waals surface area contributed by atoms with E-state index in [2.05, 4.69) is 5.32 Å². The first kappa shape index (κ1) is 22.6. The third-order valence-electron chi connectivity index (χ3n) is 5.60. The lowest BCUT2D eigenvalue weighted by Gasteiger charge is -2.20. The first-order valence-corrected chi connectivity index (χ1v) is 11.2. The number of carbonyl (C=O) groups is 4. The Hall–Kier alpha value is -4.17. The molecule has 0 unspecified atom stereocenters. The molecule has 1 aliphatic heterocycles. The van der Waals surface area contributed by atoms with Crippen LogP contribution in [-0.4, -0.2) is 43.3 Å². The smallest absolute Gasteiger partial charge is 0.338 e. The number of nitrogens with one attached hydrogen (secondary N) is 1. The first-order valence-electron chi connectivity index (χ1n) is 10.8. The molecular formula is C26H18ClNO7.